The summed E-state index contributed by atoms with van der Waals surface area (Å²) in [4.78, 5) is 15.5. The number of hydrogen-bond acceptors (Lipinski definition) is 3. The lowest BCUT2D eigenvalue weighted by atomic mass is 9.97. The molecule has 0 spiro atoms. The molecule has 30 heavy (non-hydrogen) atoms. The second kappa shape index (κ2) is 7.47. The predicted molar refractivity (Wildman–Crippen MR) is 104 cm³/mol. The Balaban J connectivity index is 1.93. The van der Waals surface area contributed by atoms with E-state index < -0.39 is 23.3 Å². The second-order valence-corrected chi connectivity index (χ2v) is 6.47. The van der Waals surface area contributed by atoms with Gasteiger partial charge in [-0.15, -0.1) is 0 Å². The maximum absolute atomic E-state index is 13.2. The molecular formula is C22H14F3N3O2. The van der Waals surface area contributed by atoms with Crippen LogP contribution in [0.1, 0.15) is 15.9 Å². The molecule has 1 N–H and O–H groups in total. The lowest BCUT2D eigenvalue weighted by Gasteiger charge is -2.12. The van der Waals surface area contributed by atoms with Crippen LogP contribution in [0.15, 0.2) is 79.3 Å². The fraction of sp³-hybridized carbons (Fsp3) is 0.0455. The van der Waals surface area contributed by atoms with Gasteiger partial charge in [-0.2, -0.15) is 18.3 Å². The van der Waals surface area contributed by atoms with Gasteiger partial charge < -0.3 is 5.11 Å². The number of aromatic carboxylic acids is 1. The van der Waals surface area contributed by atoms with Crippen molar-refractivity contribution in [1.82, 2.24) is 14.8 Å². The first kappa shape index (κ1) is 19.4. The summed E-state index contributed by atoms with van der Waals surface area (Å²) in [5, 5.41) is 13.9. The van der Waals surface area contributed by atoms with E-state index in [2.05, 4.69) is 10.1 Å². The molecule has 5 nitrogen and oxygen atoms in total. The van der Waals surface area contributed by atoms with Crippen LogP contribution in [0, 0.1) is 0 Å². The predicted octanol–water partition coefficient (Wildman–Crippen LogP) is 5.32. The van der Waals surface area contributed by atoms with Gasteiger partial charge in [-0.1, -0.05) is 24.3 Å². The van der Waals surface area contributed by atoms with Crippen LogP contribution < -0.4 is 0 Å². The van der Waals surface area contributed by atoms with Crippen molar-refractivity contribution in [3.8, 4) is 28.1 Å². The molecule has 0 fully saturated rings. The van der Waals surface area contributed by atoms with Gasteiger partial charge in [-0.3, -0.25) is 4.98 Å². The van der Waals surface area contributed by atoms with E-state index in [9.17, 15) is 23.1 Å². The molecule has 2 heterocycles. The molecule has 0 saturated carbocycles. The number of hydrogen-bond donors (Lipinski definition) is 1. The molecule has 0 aliphatic heterocycles. The fourth-order valence-electron chi connectivity index (χ4n) is 3.16. The van der Waals surface area contributed by atoms with Crippen LogP contribution in [0.3, 0.4) is 0 Å². The maximum atomic E-state index is 13.2. The van der Waals surface area contributed by atoms with Crippen molar-refractivity contribution in [3.05, 3.63) is 90.4 Å². The van der Waals surface area contributed by atoms with Crippen LogP contribution in [-0.2, 0) is 6.18 Å². The van der Waals surface area contributed by atoms with Gasteiger partial charge in [0.2, 0.25) is 0 Å². The van der Waals surface area contributed by atoms with E-state index in [1.54, 1.807) is 35.4 Å². The van der Waals surface area contributed by atoms with E-state index in [1.165, 1.54) is 6.07 Å². The van der Waals surface area contributed by atoms with Crippen LogP contribution in [0.25, 0.3) is 28.1 Å². The first-order valence-corrected chi connectivity index (χ1v) is 8.85. The molecule has 0 radical (unpaired) electrons. The molecule has 0 amide bonds. The molecule has 2 aromatic carbocycles. The van der Waals surface area contributed by atoms with E-state index in [1.807, 2.05) is 30.3 Å². The lowest BCUT2D eigenvalue weighted by molar-refractivity contribution is -0.138. The normalized spacial score (nSPS) is 11.4. The number of alkyl halides is 3. The van der Waals surface area contributed by atoms with Gasteiger partial charge in [-0.05, 0) is 42.0 Å². The van der Waals surface area contributed by atoms with Gasteiger partial charge in [0.1, 0.15) is 5.69 Å². The molecule has 0 unspecified atom stereocenters. The third kappa shape index (κ3) is 3.67. The quantitative estimate of drug-likeness (QED) is 0.496. The van der Waals surface area contributed by atoms with Crippen molar-refractivity contribution in [3.63, 3.8) is 0 Å². The summed E-state index contributed by atoms with van der Waals surface area (Å²) in [5.41, 5.74) is 0.761. The summed E-state index contributed by atoms with van der Waals surface area (Å²) in [6, 6.07) is 15.7. The minimum absolute atomic E-state index is 0.314. The van der Waals surface area contributed by atoms with Crippen LogP contribution in [0.5, 0.6) is 0 Å². The van der Waals surface area contributed by atoms with Crippen LogP contribution in [0.4, 0.5) is 13.2 Å². The van der Waals surface area contributed by atoms with Gasteiger partial charge in [0.05, 0.1) is 16.8 Å². The van der Waals surface area contributed by atoms with E-state index in [0.717, 1.165) is 17.8 Å². The monoisotopic (exact) mass is 409 g/mol. The largest absolute Gasteiger partial charge is 0.478 e. The number of carbonyl (C=O) groups is 1. The highest BCUT2D eigenvalue weighted by molar-refractivity contribution is 5.92. The Morgan fingerprint density at radius 3 is 2.27 bits per heavy atom. The second-order valence-electron chi connectivity index (χ2n) is 6.47. The highest BCUT2D eigenvalue weighted by Gasteiger charge is 2.35. The molecule has 2 aromatic heterocycles. The number of pyridine rings is 1. The lowest BCUT2D eigenvalue weighted by Crippen LogP contribution is -2.12. The van der Waals surface area contributed by atoms with Crippen molar-refractivity contribution in [2.24, 2.45) is 0 Å². The number of aromatic nitrogens is 3. The molecular weight excluding hydrogens is 395 g/mol. The minimum atomic E-state index is -4.77. The van der Waals surface area contributed by atoms with Crippen LogP contribution in [0.2, 0.25) is 0 Å². The smallest absolute Gasteiger partial charge is 0.417 e. The van der Waals surface area contributed by atoms with Crippen molar-refractivity contribution in [2.75, 3.05) is 0 Å². The Morgan fingerprint density at radius 1 is 0.933 bits per heavy atom. The fourth-order valence-corrected chi connectivity index (χ4v) is 3.16. The molecule has 0 atom stereocenters. The molecule has 0 aliphatic rings. The van der Waals surface area contributed by atoms with Crippen molar-refractivity contribution >= 4 is 5.97 Å². The van der Waals surface area contributed by atoms with Crippen molar-refractivity contribution < 1.29 is 23.1 Å². The third-order valence-corrected chi connectivity index (χ3v) is 4.56. The molecule has 4 aromatic rings. The summed E-state index contributed by atoms with van der Waals surface area (Å²) in [6.07, 6.45) is 0.0554. The van der Waals surface area contributed by atoms with Crippen molar-refractivity contribution in [1.29, 1.82) is 0 Å². The standard InChI is InChI=1S/C22H14F3N3O2/c23-22(24,25)19-7-6-15(12-17(19)21(29)30)18-13-28(16-4-2-1-3-5-16)27-20(18)14-8-10-26-11-9-14/h1-13H,(H,29,30). The van der Waals surface area contributed by atoms with E-state index in [0.29, 0.717) is 22.4 Å². The Hall–Kier alpha value is -3.94. The number of carboxylic acids is 1. The number of rotatable bonds is 4. The highest BCUT2D eigenvalue weighted by atomic mass is 19.4. The average molecular weight is 409 g/mol. The highest BCUT2D eigenvalue weighted by Crippen LogP contribution is 2.37. The molecule has 4 rings (SSSR count). The third-order valence-electron chi connectivity index (χ3n) is 4.56. The maximum Gasteiger partial charge on any atom is 0.417 e. The van der Waals surface area contributed by atoms with E-state index >= 15 is 0 Å². The summed E-state index contributed by atoms with van der Waals surface area (Å²) < 4.78 is 41.3. The Kier molecular flexibility index (Phi) is 4.83. The van der Waals surface area contributed by atoms with E-state index in [4.69, 9.17) is 0 Å². The van der Waals surface area contributed by atoms with Crippen LogP contribution in [-0.4, -0.2) is 25.8 Å². The zero-order valence-corrected chi connectivity index (χ0v) is 15.3. The summed E-state index contributed by atoms with van der Waals surface area (Å²) in [7, 11) is 0. The number of para-hydroxylation sites is 1. The topological polar surface area (TPSA) is 68.0 Å². The van der Waals surface area contributed by atoms with Gasteiger partial charge in [0.15, 0.2) is 0 Å². The first-order chi connectivity index (χ1) is 14.3. The zero-order chi connectivity index (χ0) is 21.3. The number of halogens is 3. The number of carboxylic acid groups (broad SMARTS) is 1. The number of benzene rings is 2. The van der Waals surface area contributed by atoms with Gasteiger partial charge >= 0.3 is 12.1 Å². The number of nitrogens with zero attached hydrogens (tertiary/aromatic N) is 3. The van der Waals surface area contributed by atoms with Gasteiger partial charge in [0, 0.05) is 29.7 Å². The van der Waals surface area contributed by atoms with E-state index in [-0.39, 0.29) is 0 Å². The first-order valence-electron chi connectivity index (χ1n) is 8.85. The molecule has 0 bridgehead atoms. The van der Waals surface area contributed by atoms with Crippen molar-refractivity contribution in [2.45, 2.75) is 6.18 Å². The molecule has 150 valence electrons. The Morgan fingerprint density at radius 2 is 1.63 bits per heavy atom. The summed E-state index contributed by atoms with van der Waals surface area (Å²) in [6.45, 7) is 0. The summed E-state index contributed by atoms with van der Waals surface area (Å²) in [5.74, 6) is -1.65. The SMILES string of the molecule is O=C(O)c1cc(-c2cn(-c3ccccc3)nc2-c2ccncc2)ccc1C(F)(F)F. The Labute approximate surface area is 169 Å². The van der Waals surface area contributed by atoms with Crippen LogP contribution >= 0.6 is 0 Å². The van der Waals surface area contributed by atoms with Gasteiger partial charge in [-0.25, -0.2) is 9.48 Å². The molecule has 8 heteroatoms. The van der Waals surface area contributed by atoms with Gasteiger partial charge in [0.25, 0.3) is 0 Å². The Bertz CT molecular complexity index is 1200. The molecule has 0 saturated heterocycles. The zero-order valence-electron chi connectivity index (χ0n) is 15.3. The molecule has 0 aliphatic carbocycles. The summed E-state index contributed by atoms with van der Waals surface area (Å²) >= 11 is 0. The minimum Gasteiger partial charge on any atom is -0.478 e. The average Bonchev–Trinajstić information content (AvgIpc) is 3.19.